The molecule has 0 aliphatic rings. The highest BCUT2D eigenvalue weighted by molar-refractivity contribution is 5.42. The monoisotopic (exact) mass is 231 g/mol. The smallest absolute Gasteiger partial charge is 0.258 e. The second kappa shape index (κ2) is 4.57. The summed E-state index contributed by atoms with van der Waals surface area (Å²) in [5.41, 5.74) is -2.47. The van der Waals surface area contributed by atoms with Crippen molar-refractivity contribution in [1.82, 2.24) is 4.98 Å². The van der Waals surface area contributed by atoms with Gasteiger partial charge in [-0.15, -0.1) is 0 Å². The highest BCUT2D eigenvalue weighted by atomic mass is 19.3. The molecule has 0 amide bonds. The van der Waals surface area contributed by atoms with E-state index in [1.807, 2.05) is 0 Å². The van der Waals surface area contributed by atoms with E-state index in [0.29, 0.717) is 6.07 Å². The van der Waals surface area contributed by atoms with Gasteiger partial charge in [0.25, 0.3) is 12.1 Å². The minimum atomic E-state index is -3.11. The maximum absolute atomic E-state index is 13.1. The molecule has 0 saturated heterocycles. The summed E-state index contributed by atoms with van der Waals surface area (Å²) in [6.45, 7) is 0. The van der Waals surface area contributed by atoms with Crippen LogP contribution in [0.5, 0.6) is 0 Å². The fraction of sp³-hybridized carbons (Fsp3) is 0.250. The van der Waals surface area contributed by atoms with Gasteiger partial charge in [-0.05, 0) is 0 Å². The predicted octanol–water partition coefficient (Wildman–Crippen LogP) is 2.13. The maximum Gasteiger partial charge on any atom is 0.280 e. The van der Waals surface area contributed by atoms with E-state index in [0.717, 1.165) is 0 Å². The summed E-state index contributed by atoms with van der Waals surface area (Å²) in [7, 11) is 0. The average molecular weight is 231 g/mol. The Morgan fingerprint density at radius 2 is 2.25 bits per heavy atom. The van der Waals surface area contributed by atoms with Crippen LogP contribution in [0.25, 0.3) is 0 Å². The van der Waals surface area contributed by atoms with Gasteiger partial charge in [0.1, 0.15) is 5.69 Å². The summed E-state index contributed by atoms with van der Waals surface area (Å²) in [5, 5.41) is 18.8. The van der Waals surface area contributed by atoms with Gasteiger partial charge in [0.05, 0.1) is 23.0 Å². The van der Waals surface area contributed by atoms with Crippen LogP contribution in [0.15, 0.2) is 6.07 Å². The first-order valence-corrected chi connectivity index (χ1v) is 3.96. The Kier molecular flexibility index (Phi) is 3.40. The van der Waals surface area contributed by atoms with Crippen LogP contribution in [-0.2, 0) is 6.42 Å². The zero-order valence-electron chi connectivity index (χ0n) is 7.65. The van der Waals surface area contributed by atoms with Crippen LogP contribution >= 0.6 is 0 Å². The lowest BCUT2D eigenvalue weighted by Crippen LogP contribution is -2.04. The lowest BCUT2D eigenvalue weighted by Gasteiger charge is -2.03. The summed E-state index contributed by atoms with van der Waals surface area (Å²) in [6.07, 6.45) is -3.71. The largest absolute Gasteiger partial charge is 0.280 e. The van der Waals surface area contributed by atoms with Crippen LogP contribution in [-0.4, -0.2) is 9.91 Å². The molecule has 1 aromatic rings. The molecular formula is C8H4F3N3O2. The van der Waals surface area contributed by atoms with E-state index < -0.39 is 40.7 Å². The number of alkyl halides is 2. The van der Waals surface area contributed by atoms with Crippen LogP contribution in [0, 0.1) is 27.4 Å². The highest BCUT2D eigenvalue weighted by Crippen LogP contribution is 2.26. The van der Waals surface area contributed by atoms with Gasteiger partial charge in [0.15, 0.2) is 0 Å². The first-order chi connectivity index (χ1) is 7.47. The molecule has 0 saturated carbocycles. The molecule has 8 heteroatoms. The molecule has 0 atom stereocenters. The van der Waals surface area contributed by atoms with Gasteiger partial charge >= 0.3 is 0 Å². The number of nitriles is 1. The summed E-state index contributed by atoms with van der Waals surface area (Å²) in [5.74, 6) is -1.41. The second-order valence-corrected chi connectivity index (χ2v) is 2.73. The van der Waals surface area contributed by atoms with Crippen molar-refractivity contribution in [3.8, 4) is 6.07 Å². The predicted molar refractivity (Wildman–Crippen MR) is 45.1 cm³/mol. The zero-order valence-corrected chi connectivity index (χ0v) is 7.65. The Morgan fingerprint density at radius 1 is 1.62 bits per heavy atom. The molecule has 84 valence electrons. The van der Waals surface area contributed by atoms with Gasteiger partial charge in [-0.2, -0.15) is 9.65 Å². The van der Waals surface area contributed by atoms with Crippen LogP contribution in [0.4, 0.5) is 18.9 Å². The number of rotatable bonds is 3. The standard InChI is InChI=1S/C8H4F3N3O2/c9-7(10)5-3-6(14(15)16)4(1-2-12)8(11)13-5/h3,7H,1H2. The number of nitro groups is 1. The number of nitrogens with zero attached hydrogens (tertiary/aromatic N) is 3. The molecule has 0 aliphatic carbocycles. The van der Waals surface area contributed by atoms with Crippen LogP contribution < -0.4 is 0 Å². The molecule has 0 aromatic carbocycles. The minimum Gasteiger partial charge on any atom is -0.258 e. The molecule has 0 radical (unpaired) electrons. The maximum atomic E-state index is 13.1. The molecule has 1 rings (SSSR count). The summed E-state index contributed by atoms with van der Waals surface area (Å²) in [6, 6.07) is 1.97. The third-order valence-corrected chi connectivity index (χ3v) is 1.75. The Bertz CT molecular complexity index is 470. The molecular weight excluding hydrogens is 227 g/mol. The van der Waals surface area contributed by atoms with Crippen molar-refractivity contribution in [1.29, 1.82) is 5.26 Å². The molecule has 0 N–H and O–H groups in total. The van der Waals surface area contributed by atoms with Gasteiger partial charge in [-0.3, -0.25) is 10.1 Å². The molecule has 0 unspecified atom stereocenters. The zero-order chi connectivity index (χ0) is 12.3. The van der Waals surface area contributed by atoms with Crippen LogP contribution in [0.2, 0.25) is 0 Å². The molecule has 1 heterocycles. The van der Waals surface area contributed by atoms with Crippen molar-refractivity contribution in [2.45, 2.75) is 12.8 Å². The van der Waals surface area contributed by atoms with Crippen LogP contribution in [0.1, 0.15) is 17.7 Å². The van der Waals surface area contributed by atoms with Crippen molar-refractivity contribution in [3.05, 3.63) is 33.4 Å². The number of hydrogen-bond acceptors (Lipinski definition) is 4. The van der Waals surface area contributed by atoms with Crippen molar-refractivity contribution < 1.29 is 18.1 Å². The first kappa shape index (κ1) is 11.9. The van der Waals surface area contributed by atoms with E-state index in [9.17, 15) is 23.3 Å². The van der Waals surface area contributed by atoms with Crippen LogP contribution in [0.3, 0.4) is 0 Å². The molecule has 5 nitrogen and oxygen atoms in total. The SMILES string of the molecule is N#CCc1c([N+](=O)[O-])cc(C(F)F)nc1F. The molecule has 0 aliphatic heterocycles. The first-order valence-electron chi connectivity index (χ1n) is 3.96. The van der Waals surface area contributed by atoms with E-state index in [1.54, 1.807) is 0 Å². The molecule has 16 heavy (non-hydrogen) atoms. The van der Waals surface area contributed by atoms with Gasteiger partial charge < -0.3 is 0 Å². The van der Waals surface area contributed by atoms with Crippen molar-refractivity contribution >= 4 is 5.69 Å². The van der Waals surface area contributed by atoms with Gasteiger partial charge in [0.2, 0.25) is 5.95 Å². The highest BCUT2D eigenvalue weighted by Gasteiger charge is 2.24. The van der Waals surface area contributed by atoms with Gasteiger partial charge in [-0.1, -0.05) is 0 Å². The van der Waals surface area contributed by atoms with Crippen molar-refractivity contribution in [2.24, 2.45) is 0 Å². The number of aromatic nitrogens is 1. The fourth-order valence-electron chi connectivity index (χ4n) is 1.06. The Labute approximate surface area is 87.3 Å². The third kappa shape index (κ3) is 2.25. The van der Waals surface area contributed by atoms with Gasteiger partial charge in [0, 0.05) is 6.07 Å². The van der Waals surface area contributed by atoms with Crippen molar-refractivity contribution in [3.63, 3.8) is 0 Å². The fourth-order valence-corrected chi connectivity index (χ4v) is 1.06. The second-order valence-electron chi connectivity index (χ2n) is 2.73. The molecule has 0 bridgehead atoms. The summed E-state index contributed by atoms with van der Waals surface area (Å²) in [4.78, 5) is 12.3. The lowest BCUT2D eigenvalue weighted by molar-refractivity contribution is -0.385. The van der Waals surface area contributed by atoms with E-state index in [1.165, 1.54) is 6.07 Å². The van der Waals surface area contributed by atoms with E-state index >= 15 is 0 Å². The number of halogens is 3. The Balaban J connectivity index is 3.40. The Morgan fingerprint density at radius 3 is 2.69 bits per heavy atom. The van der Waals surface area contributed by atoms with Gasteiger partial charge in [-0.25, -0.2) is 13.8 Å². The van der Waals surface area contributed by atoms with Crippen molar-refractivity contribution in [2.75, 3.05) is 0 Å². The topological polar surface area (TPSA) is 79.8 Å². The average Bonchev–Trinajstić information content (AvgIpc) is 2.20. The number of hydrogen-bond donors (Lipinski definition) is 0. The van der Waals surface area contributed by atoms with E-state index in [4.69, 9.17) is 5.26 Å². The lowest BCUT2D eigenvalue weighted by atomic mass is 10.1. The molecule has 0 fully saturated rings. The summed E-state index contributed by atoms with van der Waals surface area (Å²) < 4.78 is 37.5. The summed E-state index contributed by atoms with van der Waals surface area (Å²) >= 11 is 0. The van der Waals surface area contributed by atoms with E-state index in [2.05, 4.69) is 4.98 Å². The Hall–Kier alpha value is -2.17. The minimum absolute atomic E-state index is 0.473. The third-order valence-electron chi connectivity index (χ3n) is 1.75. The van der Waals surface area contributed by atoms with E-state index in [-0.39, 0.29) is 0 Å². The quantitative estimate of drug-likeness (QED) is 0.453. The molecule has 0 spiro atoms. The normalized spacial score (nSPS) is 10.2. The molecule has 1 aromatic heterocycles. The number of pyridine rings is 1.